The summed E-state index contributed by atoms with van der Waals surface area (Å²) in [7, 11) is 0. The molecule has 2 aliphatic rings. The number of nitrogens with zero attached hydrogens (tertiary/aromatic N) is 4. The van der Waals surface area contributed by atoms with Crippen molar-refractivity contribution in [1.82, 2.24) is 14.9 Å². The Morgan fingerprint density at radius 3 is 2.72 bits per heavy atom. The maximum atomic E-state index is 12.3. The van der Waals surface area contributed by atoms with Crippen molar-refractivity contribution in [2.24, 2.45) is 17.8 Å². The zero-order chi connectivity index (χ0) is 21.0. The van der Waals surface area contributed by atoms with E-state index in [9.17, 15) is 18.0 Å². The number of aryl methyl sites for hydroxylation is 1. The number of aromatic nitrogens is 2. The number of nitriles is 1. The summed E-state index contributed by atoms with van der Waals surface area (Å²) in [5, 5.41) is 8.94. The van der Waals surface area contributed by atoms with Crippen LogP contribution in [0.3, 0.4) is 0 Å². The van der Waals surface area contributed by atoms with Crippen molar-refractivity contribution in [3.63, 3.8) is 0 Å². The number of halogens is 3. The summed E-state index contributed by atoms with van der Waals surface area (Å²) >= 11 is 0. The van der Waals surface area contributed by atoms with E-state index in [0.717, 1.165) is 25.7 Å². The quantitative estimate of drug-likeness (QED) is 0.686. The van der Waals surface area contributed by atoms with E-state index in [-0.39, 0.29) is 5.69 Å². The zero-order valence-electron chi connectivity index (χ0n) is 16.4. The zero-order valence-corrected chi connectivity index (χ0v) is 16.4. The van der Waals surface area contributed by atoms with Gasteiger partial charge in [-0.1, -0.05) is 0 Å². The molecule has 0 unspecified atom stereocenters. The Hall–Kier alpha value is -2.37. The van der Waals surface area contributed by atoms with E-state index in [2.05, 4.69) is 9.97 Å². The predicted octanol–water partition coefficient (Wildman–Crippen LogP) is 3.64. The monoisotopic (exact) mass is 410 g/mol. The van der Waals surface area contributed by atoms with Crippen LogP contribution in [-0.4, -0.2) is 46.6 Å². The van der Waals surface area contributed by atoms with Gasteiger partial charge in [-0.05, 0) is 50.4 Å². The Morgan fingerprint density at radius 1 is 1.34 bits per heavy atom. The topological polar surface area (TPSA) is 79.1 Å². The normalized spacial score (nSPS) is 22.2. The minimum atomic E-state index is -4.28. The second-order valence-electron chi connectivity index (χ2n) is 7.88. The average Bonchev–Trinajstić information content (AvgIpc) is 3.44. The molecule has 29 heavy (non-hydrogen) atoms. The van der Waals surface area contributed by atoms with Gasteiger partial charge in [-0.3, -0.25) is 4.79 Å². The van der Waals surface area contributed by atoms with Crippen LogP contribution >= 0.6 is 0 Å². The van der Waals surface area contributed by atoms with Crippen LogP contribution in [0.1, 0.15) is 50.0 Å². The van der Waals surface area contributed by atoms with Crippen molar-refractivity contribution in [2.75, 3.05) is 19.7 Å². The molecule has 1 aliphatic heterocycles. The van der Waals surface area contributed by atoms with Crippen molar-refractivity contribution in [3.8, 4) is 11.9 Å². The summed E-state index contributed by atoms with van der Waals surface area (Å²) in [5.41, 5.74) is 0.285. The van der Waals surface area contributed by atoms with Gasteiger partial charge in [0, 0.05) is 25.6 Å². The minimum Gasteiger partial charge on any atom is -0.478 e. The van der Waals surface area contributed by atoms with Crippen LogP contribution in [0, 0.1) is 36.0 Å². The van der Waals surface area contributed by atoms with Crippen molar-refractivity contribution < 1.29 is 22.7 Å². The van der Waals surface area contributed by atoms with E-state index in [0.29, 0.717) is 49.2 Å². The van der Waals surface area contributed by atoms with Crippen LogP contribution < -0.4 is 4.74 Å². The summed E-state index contributed by atoms with van der Waals surface area (Å²) in [6, 6.07) is 3.51. The summed E-state index contributed by atoms with van der Waals surface area (Å²) in [4.78, 5) is 21.7. The fourth-order valence-corrected chi connectivity index (χ4v) is 4.15. The summed E-state index contributed by atoms with van der Waals surface area (Å²) in [5.74, 6) is 2.23. The summed E-state index contributed by atoms with van der Waals surface area (Å²) < 4.78 is 42.5. The van der Waals surface area contributed by atoms with Crippen molar-refractivity contribution >= 4 is 5.91 Å². The fourth-order valence-electron chi connectivity index (χ4n) is 4.15. The standard InChI is InChI=1S/C20H25F3N4O2/c1-13-25-16(12-24)11-18(26-13)29-9-5-15-10-17(15)14-3-7-27(8-4-14)19(28)2-6-20(21,22)23/h11,14-15,17H,2-10H2,1H3/t15-,17-/m1/s1. The SMILES string of the molecule is Cc1nc(C#N)cc(OCC[C@@H]2C[C@@H]2C2CCN(C(=O)CCC(F)(F)F)CC2)n1. The van der Waals surface area contributed by atoms with E-state index < -0.39 is 24.9 Å². The molecule has 1 saturated carbocycles. The van der Waals surface area contributed by atoms with Crippen molar-refractivity contribution in [1.29, 1.82) is 5.26 Å². The minimum absolute atomic E-state index is 0.285. The van der Waals surface area contributed by atoms with Crippen LogP contribution in [0.5, 0.6) is 5.88 Å². The first kappa shape index (κ1) is 21.3. The van der Waals surface area contributed by atoms with Crippen LogP contribution in [-0.2, 0) is 4.79 Å². The Kier molecular flexibility index (Phi) is 6.60. The number of carbonyl (C=O) groups is 1. The lowest BCUT2D eigenvalue weighted by Gasteiger charge is -2.32. The van der Waals surface area contributed by atoms with Crippen LogP contribution in [0.15, 0.2) is 6.07 Å². The number of rotatable bonds is 7. The number of hydrogen-bond donors (Lipinski definition) is 0. The van der Waals surface area contributed by atoms with Gasteiger partial charge in [-0.15, -0.1) is 0 Å². The first-order chi connectivity index (χ1) is 13.7. The third-order valence-corrected chi connectivity index (χ3v) is 5.77. The van der Waals surface area contributed by atoms with Crippen LogP contribution in [0.4, 0.5) is 13.2 Å². The van der Waals surface area contributed by atoms with E-state index >= 15 is 0 Å². The number of likely N-dealkylation sites (tertiary alicyclic amines) is 1. The molecule has 0 aromatic carbocycles. The molecule has 6 nitrogen and oxygen atoms in total. The number of piperidine rings is 1. The van der Waals surface area contributed by atoms with Gasteiger partial charge >= 0.3 is 6.18 Å². The molecule has 1 aromatic rings. The molecule has 0 radical (unpaired) electrons. The Balaban J connectivity index is 1.35. The van der Waals surface area contributed by atoms with Gasteiger partial charge < -0.3 is 9.64 Å². The van der Waals surface area contributed by atoms with Gasteiger partial charge in [0.05, 0.1) is 13.0 Å². The number of amides is 1. The third kappa shape index (κ3) is 6.31. The van der Waals surface area contributed by atoms with E-state index in [4.69, 9.17) is 10.00 Å². The predicted molar refractivity (Wildman–Crippen MR) is 97.8 cm³/mol. The highest BCUT2D eigenvalue weighted by Crippen LogP contribution is 2.49. The van der Waals surface area contributed by atoms with Gasteiger partial charge in [-0.25, -0.2) is 4.98 Å². The molecule has 2 atom stereocenters. The molecule has 9 heteroatoms. The van der Waals surface area contributed by atoms with E-state index in [1.54, 1.807) is 11.8 Å². The maximum absolute atomic E-state index is 12.3. The summed E-state index contributed by atoms with van der Waals surface area (Å²) in [6.07, 6.45) is -2.03. The lowest BCUT2D eigenvalue weighted by molar-refractivity contribution is -0.149. The molecule has 1 amide bonds. The highest BCUT2D eigenvalue weighted by atomic mass is 19.4. The van der Waals surface area contributed by atoms with Crippen LogP contribution in [0.2, 0.25) is 0 Å². The molecule has 1 aromatic heterocycles. The van der Waals surface area contributed by atoms with Crippen molar-refractivity contribution in [2.45, 2.75) is 51.6 Å². The Labute approximate surface area is 168 Å². The average molecular weight is 410 g/mol. The fraction of sp³-hybridized carbons (Fsp3) is 0.700. The largest absolute Gasteiger partial charge is 0.478 e. The molecular formula is C20H25F3N4O2. The highest BCUT2D eigenvalue weighted by Gasteiger charge is 2.43. The third-order valence-electron chi connectivity index (χ3n) is 5.77. The molecule has 0 bridgehead atoms. The number of carbonyl (C=O) groups excluding carboxylic acids is 1. The molecule has 2 fully saturated rings. The Morgan fingerprint density at radius 2 is 2.07 bits per heavy atom. The summed E-state index contributed by atoms with van der Waals surface area (Å²) in [6.45, 7) is 3.35. The number of ether oxygens (including phenoxy) is 1. The molecular weight excluding hydrogens is 385 g/mol. The molecule has 2 heterocycles. The number of hydrogen-bond acceptors (Lipinski definition) is 5. The highest BCUT2D eigenvalue weighted by molar-refractivity contribution is 5.76. The first-order valence-corrected chi connectivity index (χ1v) is 9.98. The second-order valence-corrected chi connectivity index (χ2v) is 7.88. The van der Waals surface area contributed by atoms with Gasteiger partial charge in [0.15, 0.2) is 0 Å². The number of alkyl halides is 3. The van der Waals surface area contributed by atoms with Gasteiger partial charge in [0.1, 0.15) is 17.6 Å². The van der Waals surface area contributed by atoms with Gasteiger partial charge in [0.25, 0.3) is 0 Å². The smallest absolute Gasteiger partial charge is 0.389 e. The molecule has 1 saturated heterocycles. The van der Waals surface area contributed by atoms with Gasteiger partial charge in [0.2, 0.25) is 11.8 Å². The molecule has 1 aliphatic carbocycles. The lowest BCUT2D eigenvalue weighted by Crippen LogP contribution is -2.39. The molecule has 3 rings (SSSR count). The Bertz CT molecular complexity index is 770. The van der Waals surface area contributed by atoms with Crippen LogP contribution in [0.25, 0.3) is 0 Å². The molecule has 158 valence electrons. The van der Waals surface area contributed by atoms with Gasteiger partial charge in [-0.2, -0.15) is 23.4 Å². The lowest BCUT2D eigenvalue weighted by atomic mass is 9.90. The second kappa shape index (κ2) is 8.97. The van der Waals surface area contributed by atoms with E-state index in [1.165, 1.54) is 6.07 Å². The molecule has 0 N–H and O–H groups in total. The molecule has 0 spiro atoms. The van der Waals surface area contributed by atoms with Crippen molar-refractivity contribution in [3.05, 3.63) is 17.6 Å². The maximum Gasteiger partial charge on any atom is 0.389 e. The van der Waals surface area contributed by atoms with E-state index in [1.807, 2.05) is 6.07 Å². The first-order valence-electron chi connectivity index (χ1n) is 9.98.